The summed E-state index contributed by atoms with van der Waals surface area (Å²) in [4.78, 5) is 11.3. The Kier molecular flexibility index (Phi) is 4.09. The first-order valence-corrected chi connectivity index (χ1v) is 8.67. The lowest BCUT2D eigenvalue weighted by atomic mass is 10.2. The summed E-state index contributed by atoms with van der Waals surface area (Å²) in [7, 11) is 0. The molecule has 0 aromatic carbocycles. The lowest BCUT2D eigenvalue weighted by molar-refractivity contribution is -0.0535. The van der Waals surface area contributed by atoms with E-state index in [-0.39, 0.29) is 12.1 Å². The molecule has 4 rings (SSSR count). The summed E-state index contributed by atoms with van der Waals surface area (Å²) < 4.78 is 13.3. The Bertz CT molecular complexity index is 707. The lowest BCUT2D eigenvalue weighted by Gasteiger charge is -2.35. The molecule has 8 heteroatoms. The van der Waals surface area contributed by atoms with Crippen molar-refractivity contribution < 1.29 is 9.26 Å². The van der Waals surface area contributed by atoms with E-state index in [9.17, 15) is 0 Å². The van der Waals surface area contributed by atoms with Gasteiger partial charge in [0.05, 0.1) is 25.3 Å². The lowest BCUT2D eigenvalue weighted by Crippen LogP contribution is -2.45. The molecule has 0 bridgehead atoms. The summed E-state index contributed by atoms with van der Waals surface area (Å²) in [5, 5.41) is 8.56. The molecule has 2 aromatic heterocycles. The zero-order chi connectivity index (χ0) is 16.7. The second-order valence-corrected chi connectivity index (χ2v) is 6.82. The van der Waals surface area contributed by atoms with Crippen molar-refractivity contribution >= 4 is 0 Å². The van der Waals surface area contributed by atoms with Crippen LogP contribution in [0, 0.1) is 13.8 Å². The van der Waals surface area contributed by atoms with Gasteiger partial charge in [-0.15, -0.1) is 0 Å². The van der Waals surface area contributed by atoms with E-state index in [4.69, 9.17) is 9.26 Å². The summed E-state index contributed by atoms with van der Waals surface area (Å²) in [5.41, 5.74) is 0. The third kappa shape index (κ3) is 3.21. The van der Waals surface area contributed by atoms with Gasteiger partial charge in [0.25, 0.3) is 0 Å². The summed E-state index contributed by atoms with van der Waals surface area (Å²) in [6.07, 6.45) is 2.46. The van der Waals surface area contributed by atoms with E-state index in [1.54, 1.807) is 0 Å². The topological polar surface area (TPSA) is 82.1 Å². The van der Waals surface area contributed by atoms with E-state index in [1.165, 1.54) is 12.8 Å². The van der Waals surface area contributed by atoms with Gasteiger partial charge >= 0.3 is 0 Å². The van der Waals surface area contributed by atoms with Crippen LogP contribution in [-0.2, 0) is 11.3 Å². The van der Waals surface area contributed by atoms with Crippen LogP contribution >= 0.6 is 0 Å². The molecule has 0 N–H and O–H groups in total. The number of hydrogen-bond donors (Lipinski definition) is 0. The van der Waals surface area contributed by atoms with Gasteiger partial charge in [-0.05, 0) is 33.6 Å². The average molecular weight is 332 g/mol. The summed E-state index contributed by atoms with van der Waals surface area (Å²) in [5.74, 6) is 3.82. The monoisotopic (exact) mass is 332 g/mol. The zero-order valence-electron chi connectivity index (χ0n) is 14.5. The molecule has 1 aliphatic heterocycles. The molecule has 1 saturated heterocycles. The van der Waals surface area contributed by atoms with Crippen molar-refractivity contribution in [1.29, 1.82) is 0 Å². The predicted octanol–water partition coefficient (Wildman–Crippen LogP) is 1.62. The van der Waals surface area contributed by atoms with Gasteiger partial charge in [0.1, 0.15) is 11.6 Å². The second-order valence-electron chi connectivity index (χ2n) is 6.82. The maximum absolute atomic E-state index is 5.92. The minimum atomic E-state index is 0.0897. The van der Waals surface area contributed by atoms with Crippen LogP contribution in [0.1, 0.15) is 55.1 Å². The summed E-state index contributed by atoms with van der Waals surface area (Å²) in [6, 6.07) is 0.106. The van der Waals surface area contributed by atoms with Crippen LogP contribution in [0.2, 0.25) is 0 Å². The van der Waals surface area contributed by atoms with Crippen molar-refractivity contribution in [2.24, 2.45) is 0 Å². The number of hydrogen-bond acceptors (Lipinski definition) is 7. The van der Waals surface area contributed by atoms with Crippen molar-refractivity contribution in [3.63, 3.8) is 0 Å². The van der Waals surface area contributed by atoms with Gasteiger partial charge in [0.15, 0.2) is 5.82 Å². The fraction of sp³-hybridized carbons (Fsp3) is 0.750. The van der Waals surface area contributed by atoms with Gasteiger partial charge in [-0.1, -0.05) is 5.16 Å². The predicted molar refractivity (Wildman–Crippen MR) is 85.5 cm³/mol. The Morgan fingerprint density at radius 2 is 2.08 bits per heavy atom. The fourth-order valence-corrected chi connectivity index (χ4v) is 3.21. The highest BCUT2D eigenvalue weighted by molar-refractivity contribution is 5.05. The standard InChI is InChI=1S/C16H24N6O2/c1-10(16-18-15(20-24-16)13-4-5-13)21-6-7-23-14(8-21)9-22-12(3)17-11(2)19-22/h10,13-14H,4-9H2,1-3H3/t10-,14+/m0/s1. The molecule has 1 saturated carbocycles. The Balaban J connectivity index is 1.40. The number of nitrogens with zero attached hydrogens (tertiary/aromatic N) is 6. The van der Waals surface area contributed by atoms with Gasteiger partial charge in [-0.2, -0.15) is 10.1 Å². The molecule has 2 fully saturated rings. The van der Waals surface area contributed by atoms with Gasteiger partial charge in [0, 0.05) is 19.0 Å². The molecule has 1 aliphatic carbocycles. The molecular formula is C16H24N6O2. The maximum atomic E-state index is 5.92. The smallest absolute Gasteiger partial charge is 0.243 e. The SMILES string of the molecule is Cc1nc(C)n(C[C@H]2CN([C@@H](C)c3nc(C4CC4)no3)CCO2)n1. The quantitative estimate of drug-likeness (QED) is 0.822. The summed E-state index contributed by atoms with van der Waals surface area (Å²) in [6.45, 7) is 9.11. The van der Waals surface area contributed by atoms with Crippen LogP contribution in [0.25, 0.3) is 0 Å². The van der Waals surface area contributed by atoms with Crippen LogP contribution in [0.5, 0.6) is 0 Å². The Labute approximate surface area is 141 Å². The highest BCUT2D eigenvalue weighted by Gasteiger charge is 2.32. The minimum Gasteiger partial charge on any atom is -0.374 e. The molecule has 3 heterocycles. The van der Waals surface area contributed by atoms with Crippen molar-refractivity contribution in [2.45, 2.75) is 58.2 Å². The Morgan fingerprint density at radius 1 is 1.25 bits per heavy atom. The molecule has 24 heavy (non-hydrogen) atoms. The van der Waals surface area contributed by atoms with Crippen molar-refractivity contribution in [3.8, 4) is 0 Å². The number of ether oxygens (including phenoxy) is 1. The number of morpholine rings is 1. The maximum Gasteiger partial charge on any atom is 0.243 e. The van der Waals surface area contributed by atoms with Crippen LogP contribution in [0.4, 0.5) is 0 Å². The van der Waals surface area contributed by atoms with Crippen LogP contribution < -0.4 is 0 Å². The molecule has 8 nitrogen and oxygen atoms in total. The first kappa shape index (κ1) is 15.7. The molecule has 2 aliphatic rings. The highest BCUT2D eigenvalue weighted by Crippen LogP contribution is 2.38. The average Bonchev–Trinajstić information content (AvgIpc) is 3.22. The van der Waals surface area contributed by atoms with Gasteiger partial charge in [-0.25, -0.2) is 9.67 Å². The van der Waals surface area contributed by atoms with Gasteiger partial charge in [0.2, 0.25) is 5.89 Å². The molecule has 2 aromatic rings. The molecule has 0 radical (unpaired) electrons. The molecule has 0 amide bonds. The molecular weight excluding hydrogens is 308 g/mol. The van der Waals surface area contributed by atoms with Crippen LogP contribution in [0.3, 0.4) is 0 Å². The molecule has 130 valence electrons. The third-order valence-corrected chi connectivity index (χ3v) is 4.81. The van der Waals surface area contributed by atoms with E-state index in [2.05, 4.69) is 32.0 Å². The van der Waals surface area contributed by atoms with Crippen molar-refractivity contribution in [3.05, 3.63) is 23.4 Å². The Morgan fingerprint density at radius 3 is 2.79 bits per heavy atom. The minimum absolute atomic E-state index is 0.0897. The molecule has 2 atom stereocenters. The molecule has 0 spiro atoms. The largest absolute Gasteiger partial charge is 0.374 e. The number of rotatable bonds is 5. The number of aromatic nitrogens is 5. The van der Waals surface area contributed by atoms with Crippen molar-refractivity contribution in [2.75, 3.05) is 19.7 Å². The van der Waals surface area contributed by atoms with E-state index in [0.717, 1.165) is 30.6 Å². The fourth-order valence-electron chi connectivity index (χ4n) is 3.21. The van der Waals surface area contributed by atoms with Gasteiger partial charge in [-0.3, -0.25) is 4.90 Å². The number of aryl methyl sites for hydroxylation is 2. The third-order valence-electron chi connectivity index (χ3n) is 4.81. The summed E-state index contributed by atoms with van der Waals surface area (Å²) >= 11 is 0. The highest BCUT2D eigenvalue weighted by atomic mass is 16.5. The second kappa shape index (κ2) is 6.25. The Hall–Kier alpha value is -1.80. The van der Waals surface area contributed by atoms with Crippen molar-refractivity contribution in [1.82, 2.24) is 29.8 Å². The van der Waals surface area contributed by atoms with E-state index in [1.807, 2.05) is 18.5 Å². The van der Waals surface area contributed by atoms with Gasteiger partial charge < -0.3 is 9.26 Å². The van der Waals surface area contributed by atoms with Crippen LogP contribution in [-0.4, -0.2) is 55.6 Å². The first-order valence-electron chi connectivity index (χ1n) is 8.67. The van der Waals surface area contributed by atoms with Crippen LogP contribution in [0.15, 0.2) is 4.52 Å². The van der Waals surface area contributed by atoms with E-state index >= 15 is 0 Å². The van der Waals surface area contributed by atoms with E-state index in [0.29, 0.717) is 25.0 Å². The first-order chi connectivity index (χ1) is 11.6. The van der Waals surface area contributed by atoms with E-state index < -0.39 is 0 Å². The normalized spacial score (nSPS) is 23.5. The zero-order valence-corrected chi connectivity index (χ0v) is 14.5. The molecule has 0 unspecified atom stereocenters.